The van der Waals surface area contributed by atoms with Crippen molar-refractivity contribution < 1.29 is 27.9 Å². The smallest absolute Gasteiger partial charge is 0.410 e. The molecule has 3 aromatic carbocycles. The molecule has 4 N–H and O–H groups in total. The Morgan fingerprint density at radius 2 is 1.44 bits per heavy atom. The van der Waals surface area contributed by atoms with Gasteiger partial charge in [-0.05, 0) is 85.5 Å². The number of aromatic nitrogens is 4. The SMILES string of the molecule is CC(C)(C)OC(=O)N1CCCC1c1ncc(-c2ccc3cc(-c4ccc(-c5cnc(C6CC(CNS(C)(=O)=O)CN6C(=O)O)[nH]5)cc4)ccc3c2)[nH]1. The van der Waals surface area contributed by atoms with E-state index in [1.807, 2.05) is 51.2 Å². The van der Waals surface area contributed by atoms with E-state index in [1.54, 1.807) is 11.1 Å². The molecule has 3 atom stereocenters. The van der Waals surface area contributed by atoms with Crippen LogP contribution in [0.5, 0.6) is 0 Å². The number of hydrogen-bond donors (Lipinski definition) is 4. The monoisotopic (exact) mass is 725 g/mol. The number of nitrogens with one attached hydrogen (secondary N) is 3. The average Bonchev–Trinajstić information content (AvgIpc) is 3.91. The van der Waals surface area contributed by atoms with Gasteiger partial charge in [0.15, 0.2) is 0 Å². The number of aromatic amines is 2. The molecule has 2 aliphatic rings. The summed E-state index contributed by atoms with van der Waals surface area (Å²) < 4.78 is 31.2. The minimum Gasteiger partial charge on any atom is -0.465 e. The van der Waals surface area contributed by atoms with Crippen molar-refractivity contribution in [1.29, 1.82) is 0 Å². The van der Waals surface area contributed by atoms with Crippen LogP contribution in [-0.2, 0) is 14.8 Å². The highest BCUT2D eigenvalue weighted by molar-refractivity contribution is 7.88. The van der Waals surface area contributed by atoms with Crippen LogP contribution in [0.25, 0.3) is 44.4 Å². The Balaban J connectivity index is 1.03. The summed E-state index contributed by atoms with van der Waals surface area (Å²) in [5.41, 5.74) is 5.14. The molecule has 5 aromatic rings. The van der Waals surface area contributed by atoms with Crippen LogP contribution in [0.3, 0.4) is 0 Å². The topological polar surface area (TPSA) is 174 Å². The predicted octanol–water partition coefficient (Wildman–Crippen LogP) is 6.95. The Labute approximate surface area is 302 Å². The Morgan fingerprint density at radius 3 is 2.08 bits per heavy atom. The lowest BCUT2D eigenvalue weighted by Crippen LogP contribution is -2.36. The highest BCUT2D eigenvalue weighted by Gasteiger charge is 2.38. The third-order valence-corrected chi connectivity index (χ3v) is 10.3. The number of fused-ring (bicyclic) bond motifs is 1. The molecular weight excluding hydrogens is 683 g/mol. The highest BCUT2D eigenvalue weighted by atomic mass is 32.2. The minimum absolute atomic E-state index is 0.145. The molecule has 0 saturated carbocycles. The lowest BCUT2D eigenvalue weighted by molar-refractivity contribution is 0.0218. The quantitative estimate of drug-likeness (QED) is 0.133. The van der Waals surface area contributed by atoms with Crippen LogP contribution in [0.2, 0.25) is 0 Å². The zero-order valence-electron chi connectivity index (χ0n) is 29.6. The van der Waals surface area contributed by atoms with E-state index in [9.17, 15) is 23.1 Å². The normalized spacial score (nSPS) is 19.4. The molecule has 2 amide bonds. The third kappa shape index (κ3) is 7.67. The lowest BCUT2D eigenvalue weighted by atomic mass is 9.98. The van der Waals surface area contributed by atoms with E-state index in [1.165, 1.54) is 4.90 Å². The summed E-state index contributed by atoms with van der Waals surface area (Å²) in [7, 11) is -3.37. The van der Waals surface area contributed by atoms with Crippen molar-refractivity contribution >= 4 is 33.0 Å². The summed E-state index contributed by atoms with van der Waals surface area (Å²) in [6, 6.07) is 20.1. The van der Waals surface area contributed by atoms with Crippen molar-refractivity contribution in [3.05, 3.63) is 84.7 Å². The molecule has 0 aliphatic carbocycles. The third-order valence-electron chi connectivity index (χ3n) is 9.65. The second-order valence-electron chi connectivity index (χ2n) is 14.7. The van der Waals surface area contributed by atoms with E-state index < -0.39 is 27.8 Å². The van der Waals surface area contributed by atoms with Gasteiger partial charge in [0.1, 0.15) is 17.2 Å². The van der Waals surface area contributed by atoms with Gasteiger partial charge in [-0.25, -0.2) is 32.7 Å². The van der Waals surface area contributed by atoms with Gasteiger partial charge in [-0.15, -0.1) is 0 Å². The molecular formula is C38H43N7O6S. The maximum atomic E-state index is 12.8. The zero-order chi connectivity index (χ0) is 36.8. The van der Waals surface area contributed by atoms with Crippen molar-refractivity contribution in [1.82, 2.24) is 34.5 Å². The van der Waals surface area contributed by atoms with Crippen LogP contribution in [0, 0.1) is 5.92 Å². The molecule has 3 unspecified atom stereocenters. The summed E-state index contributed by atoms with van der Waals surface area (Å²) in [4.78, 5) is 43.8. The fraction of sp³-hybridized carbons (Fsp3) is 0.368. The molecule has 14 heteroatoms. The molecule has 2 aromatic heterocycles. The van der Waals surface area contributed by atoms with Gasteiger partial charge in [0.2, 0.25) is 10.0 Å². The number of amides is 2. The first-order valence-electron chi connectivity index (χ1n) is 17.4. The molecule has 7 rings (SSSR count). The van der Waals surface area contributed by atoms with Gasteiger partial charge in [0, 0.05) is 25.2 Å². The molecule has 4 heterocycles. The number of sulfonamides is 1. The van der Waals surface area contributed by atoms with Crippen LogP contribution in [0.4, 0.5) is 9.59 Å². The maximum Gasteiger partial charge on any atom is 0.410 e. The number of rotatable bonds is 8. The van der Waals surface area contributed by atoms with Gasteiger partial charge in [0.05, 0.1) is 42.1 Å². The number of hydrogen-bond acceptors (Lipinski definition) is 7. The first-order valence-corrected chi connectivity index (χ1v) is 19.3. The predicted molar refractivity (Wildman–Crippen MR) is 198 cm³/mol. The number of H-pyrrole nitrogens is 2. The van der Waals surface area contributed by atoms with Gasteiger partial charge in [-0.3, -0.25) is 9.80 Å². The van der Waals surface area contributed by atoms with Crippen molar-refractivity contribution in [3.63, 3.8) is 0 Å². The van der Waals surface area contributed by atoms with E-state index >= 15 is 0 Å². The van der Waals surface area contributed by atoms with Crippen molar-refractivity contribution in [2.75, 3.05) is 25.9 Å². The number of carbonyl (C=O) groups excluding carboxylic acids is 1. The molecule has 2 saturated heterocycles. The highest BCUT2D eigenvalue weighted by Crippen LogP contribution is 2.36. The second kappa shape index (κ2) is 13.7. The molecule has 13 nitrogen and oxygen atoms in total. The van der Waals surface area contributed by atoms with Crippen LogP contribution in [0.1, 0.15) is 63.8 Å². The molecule has 0 bridgehead atoms. The first-order chi connectivity index (χ1) is 24.7. The van der Waals surface area contributed by atoms with Crippen LogP contribution in [-0.4, -0.2) is 86.9 Å². The summed E-state index contributed by atoms with van der Waals surface area (Å²) in [6.07, 6.45) is 5.43. The molecule has 272 valence electrons. The molecule has 52 heavy (non-hydrogen) atoms. The van der Waals surface area contributed by atoms with Crippen molar-refractivity contribution in [2.24, 2.45) is 5.92 Å². The Hall–Kier alpha value is -5.21. The van der Waals surface area contributed by atoms with Crippen molar-refractivity contribution in [3.8, 4) is 33.6 Å². The largest absolute Gasteiger partial charge is 0.465 e. The number of nitrogens with zero attached hydrogens (tertiary/aromatic N) is 4. The number of ether oxygens (including phenoxy) is 1. The van der Waals surface area contributed by atoms with E-state index in [4.69, 9.17) is 4.74 Å². The van der Waals surface area contributed by atoms with Gasteiger partial charge >= 0.3 is 12.2 Å². The molecule has 2 fully saturated rings. The molecule has 2 aliphatic heterocycles. The van der Waals surface area contributed by atoms with E-state index in [-0.39, 0.29) is 31.1 Å². The number of imidazole rings is 2. The van der Waals surface area contributed by atoms with Gasteiger partial charge < -0.3 is 19.8 Å². The summed E-state index contributed by atoms with van der Waals surface area (Å²) in [6.45, 7) is 6.66. The summed E-state index contributed by atoms with van der Waals surface area (Å²) >= 11 is 0. The van der Waals surface area contributed by atoms with Gasteiger partial charge in [-0.2, -0.15) is 0 Å². The fourth-order valence-electron chi connectivity index (χ4n) is 7.14. The lowest BCUT2D eigenvalue weighted by Gasteiger charge is -2.27. The fourth-order valence-corrected chi connectivity index (χ4v) is 7.68. The van der Waals surface area contributed by atoms with E-state index in [0.717, 1.165) is 69.3 Å². The Bertz CT molecular complexity index is 2220. The average molecular weight is 726 g/mol. The number of carbonyl (C=O) groups is 2. The number of likely N-dealkylation sites (tertiary alicyclic amines) is 2. The number of carboxylic acid groups (broad SMARTS) is 1. The summed E-state index contributed by atoms with van der Waals surface area (Å²) in [5, 5.41) is 12.0. The standard InChI is InChI=1S/C38H43N7O6S/c1-38(2,3)51-37(48)44-15-5-6-32(44)34-39-21-31(43-34)29-14-13-27-17-26(11-12-28(27)18-29)24-7-9-25(10-8-24)30-20-40-35(42-30)33-16-23(19-41-52(4,49)50)22-45(33)36(46)47/h7-14,17-18,20-21,23,32-33,41H,5-6,15-16,19,22H2,1-4H3,(H,39,43)(H,40,42)(H,46,47). The van der Waals surface area contributed by atoms with Crippen LogP contribution in [0.15, 0.2) is 73.1 Å². The minimum atomic E-state index is -3.37. The zero-order valence-corrected chi connectivity index (χ0v) is 30.4. The maximum absolute atomic E-state index is 12.8. The first kappa shape index (κ1) is 35.2. The van der Waals surface area contributed by atoms with Gasteiger partial charge in [0.25, 0.3) is 0 Å². The summed E-state index contributed by atoms with van der Waals surface area (Å²) in [5.74, 6) is 1.14. The van der Waals surface area contributed by atoms with E-state index in [2.05, 4.69) is 61.1 Å². The van der Waals surface area contributed by atoms with Crippen LogP contribution < -0.4 is 4.72 Å². The Kier molecular flexibility index (Phi) is 9.30. The Morgan fingerprint density at radius 1 is 0.865 bits per heavy atom. The van der Waals surface area contributed by atoms with E-state index in [0.29, 0.717) is 18.8 Å². The second-order valence-corrected chi connectivity index (χ2v) is 16.6. The van der Waals surface area contributed by atoms with Crippen molar-refractivity contribution in [2.45, 2.75) is 57.7 Å². The van der Waals surface area contributed by atoms with Gasteiger partial charge in [-0.1, -0.05) is 48.5 Å². The molecule has 0 spiro atoms. The van der Waals surface area contributed by atoms with Crippen LogP contribution >= 0.6 is 0 Å². The molecule has 0 radical (unpaired) electrons. The number of benzene rings is 3.